The minimum absolute atomic E-state index is 0.239. The summed E-state index contributed by atoms with van der Waals surface area (Å²) in [4.78, 5) is 20.2. The Morgan fingerprint density at radius 1 is 1.21 bits per heavy atom. The van der Waals surface area contributed by atoms with E-state index in [9.17, 15) is 4.79 Å². The van der Waals surface area contributed by atoms with Crippen molar-refractivity contribution in [3.8, 4) is 0 Å². The first-order valence-corrected chi connectivity index (χ1v) is 7.11. The molecular weight excluding hydrogens is 240 g/mol. The molecule has 5 nitrogen and oxygen atoms in total. The van der Waals surface area contributed by atoms with Crippen molar-refractivity contribution >= 4 is 11.9 Å². The van der Waals surface area contributed by atoms with E-state index in [4.69, 9.17) is 0 Å². The Kier molecular flexibility index (Phi) is 3.62. The molecule has 1 aromatic rings. The summed E-state index contributed by atoms with van der Waals surface area (Å²) in [6.07, 6.45) is 8.35. The zero-order chi connectivity index (χ0) is 13.1. The van der Waals surface area contributed by atoms with Crippen LogP contribution in [0.25, 0.3) is 0 Å². The molecular formula is C14H20N4O. The molecule has 0 aromatic carbocycles. The van der Waals surface area contributed by atoms with Gasteiger partial charge in [0.1, 0.15) is 0 Å². The first-order valence-electron chi connectivity index (χ1n) is 7.11. The lowest BCUT2D eigenvalue weighted by molar-refractivity contribution is -0.126. The molecule has 0 saturated heterocycles. The SMILES string of the molecule is O=C(NCCNc1ncccn1)[C@@H]1C[C@H]2CC[C@@H]1C2. The van der Waals surface area contributed by atoms with E-state index in [0.29, 0.717) is 25.0 Å². The molecule has 5 heteroatoms. The van der Waals surface area contributed by atoms with E-state index in [2.05, 4.69) is 20.6 Å². The number of carbonyl (C=O) groups is 1. The van der Waals surface area contributed by atoms with Crippen LogP contribution in [0.15, 0.2) is 18.5 Å². The number of aromatic nitrogens is 2. The number of anilines is 1. The van der Waals surface area contributed by atoms with Gasteiger partial charge < -0.3 is 10.6 Å². The quantitative estimate of drug-likeness (QED) is 0.786. The third-order valence-electron chi connectivity index (χ3n) is 4.35. The number of fused-ring (bicyclic) bond motifs is 2. The molecule has 0 spiro atoms. The molecule has 2 saturated carbocycles. The number of hydrogen-bond donors (Lipinski definition) is 2. The molecule has 19 heavy (non-hydrogen) atoms. The number of rotatable bonds is 5. The fourth-order valence-corrected chi connectivity index (χ4v) is 3.45. The highest BCUT2D eigenvalue weighted by molar-refractivity contribution is 5.79. The van der Waals surface area contributed by atoms with Crippen molar-refractivity contribution in [3.05, 3.63) is 18.5 Å². The standard InChI is InChI=1S/C14H20N4O/c19-13(12-9-10-2-3-11(12)8-10)15-6-7-18-14-16-4-1-5-17-14/h1,4-5,10-12H,2-3,6-9H2,(H,15,19)(H,16,17,18)/t10-,11+,12+/m0/s1. The van der Waals surface area contributed by atoms with Gasteiger partial charge in [0.25, 0.3) is 0 Å². The molecule has 3 atom stereocenters. The smallest absolute Gasteiger partial charge is 0.223 e. The Labute approximate surface area is 113 Å². The zero-order valence-electron chi connectivity index (χ0n) is 11.0. The van der Waals surface area contributed by atoms with E-state index in [1.807, 2.05) is 0 Å². The fourth-order valence-electron chi connectivity index (χ4n) is 3.45. The Balaban J connectivity index is 1.37. The Morgan fingerprint density at radius 3 is 2.74 bits per heavy atom. The second-order valence-electron chi connectivity index (χ2n) is 5.57. The van der Waals surface area contributed by atoms with Crippen molar-refractivity contribution in [2.75, 3.05) is 18.4 Å². The van der Waals surface area contributed by atoms with Crippen molar-refractivity contribution in [1.82, 2.24) is 15.3 Å². The van der Waals surface area contributed by atoms with Crippen LogP contribution < -0.4 is 10.6 Å². The minimum Gasteiger partial charge on any atom is -0.354 e. The second-order valence-corrected chi connectivity index (χ2v) is 5.57. The van der Waals surface area contributed by atoms with E-state index >= 15 is 0 Å². The van der Waals surface area contributed by atoms with Crippen LogP contribution in [-0.4, -0.2) is 29.0 Å². The highest BCUT2D eigenvalue weighted by Crippen LogP contribution is 2.48. The normalized spacial score (nSPS) is 28.3. The average molecular weight is 260 g/mol. The maximum Gasteiger partial charge on any atom is 0.223 e. The molecule has 0 unspecified atom stereocenters. The lowest BCUT2D eigenvalue weighted by atomic mass is 9.88. The topological polar surface area (TPSA) is 66.9 Å². The summed E-state index contributed by atoms with van der Waals surface area (Å²) in [6.45, 7) is 1.29. The molecule has 1 aromatic heterocycles. The monoisotopic (exact) mass is 260 g/mol. The number of amides is 1. The van der Waals surface area contributed by atoms with Crippen molar-refractivity contribution in [3.63, 3.8) is 0 Å². The minimum atomic E-state index is 0.239. The molecule has 2 fully saturated rings. The van der Waals surface area contributed by atoms with Crippen molar-refractivity contribution in [1.29, 1.82) is 0 Å². The fraction of sp³-hybridized carbons (Fsp3) is 0.643. The maximum absolute atomic E-state index is 12.1. The Hall–Kier alpha value is -1.65. The molecule has 1 heterocycles. The summed E-state index contributed by atoms with van der Waals surface area (Å²) in [7, 11) is 0. The zero-order valence-corrected chi connectivity index (χ0v) is 11.0. The predicted molar refractivity (Wildman–Crippen MR) is 72.5 cm³/mol. The van der Waals surface area contributed by atoms with Crippen molar-refractivity contribution in [2.45, 2.75) is 25.7 Å². The summed E-state index contributed by atoms with van der Waals surface area (Å²) < 4.78 is 0. The van der Waals surface area contributed by atoms with Gasteiger partial charge in [0.05, 0.1) is 0 Å². The van der Waals surface area contributed by atoms with Gasteiger partial charge in [-0.2, -0.15) is 0 Å². The number of nitrogens with one attached hydrogen (secondary N) is 2. The van der Waals surface area contributed by atoms with Gasteiger partial charge in [0.15, 0.2) is 0 Å². The van der Waals surface area contributed by atoms with E-state index in [0.717, 1.165) is 12.3 Å². The molecule has 0 aliphatic heterocycles. The van der Waals surface area contributed by atoms with Gasteiger partial charge in [-0.3, -0.25) is 4.79 Å². The van der Waals surface area contributed by atoms with Crippen LogP contribution in [0.1, 0.15) is 25.7 Å². The largest absolute Gasteiger partial charge is 0.354 e. The van der Waals surface area contributed by atoms with Crippen LogP contribution >= 0.6 is 0 Å². The molecule has 2 aliphatic carbocycles. The summed E-state index contributed by atoms with van der Waals surface area (Å²) in [5.41, 5.74) is 0. The second kappa shape index (κ2) is 5.55. The van der Waals surface area contributed by atoms with E-state index in [-0.39, 0.29) is 11.8 Å². The van der Waals surface area contributed by atoms with E-state index in [1.165, 1.54) is 19.3 Å². The number of nitrogens with zero attached hydrogens (tertiary/aromatic N) is 2. The summed E-state index contributed by atoms with van der Waals surface area (Å²) in [5, 5.41) is 6.11. The third-order valence-corrected chi connectivity index (χ3v) is 4.35. The van der Waals surface area contributed by atoms with Crippen LogP contribution in [-0.2, 0) is 4.79 Å². The molecule has 102 valence electrons. The van der Waals surface area contributed by atoms with Crippen LogP contribution in [0.3, 0.4) is 0 Å². The highest BCUT2D eigenvalue weighted by Gasteiger charge is 2.42. The predicted octanol–water partition coefficient (Wildman–Crippen LogP) is 1.44. The van der Waals surface area contributed by atoms with E-state index in [1.54, 1.807) is 18.5 Å². The van der Waals surface area contributed by atoms with Gasteiger partial charge >= 0.3 is 0 Å². The lowest BCUT2D eigenvalue weighted by Gasteiger charge is -2.20. The van der Waals surface area contributed by atoms with Gasteiger partial charge in [-0.25, -0.2) is 9.97 Å². The molecule has 3 rings (SSSR count). The van der Waals surface area contributed by atoms with Gasteiger partial charge in [-0.15, -0.1) is 0 Å². The number of carbonyl (C=O) groups excluding carboxylic acids is 1. The third kappa shape index (κ3) is 2.85. The molecule has 0 radical (unpaired) electrons. The number of hydrogen-bond acceptors (Lipinski definition) is 4. The summed E-state index contributed by atoms with van der Waals surface area (Å²) in [6, 6.07) is 1.78. The van der Waals surface area contributed by atoms with Gasteiger partial charge in [-0.05, 0) is 37.2 Å². The molecule has 1 amide bonds. The molecule has 2 bridgehead atoms. The molecule has 2 N–H and O–H groups in total. The van der Waals surface area contributed by atoms with Crippen molar-refractivity contribution in [2.24, 2.45) is 17.8 Å². The highest BCUT2D eigenvalue weighted by atomic mass is 16.1. The first kappa shape index (κ1) is 12.4. The van der Waals surface area contributed by atoms with Gasteiger partial charge in [-0.1, -0.05) is 6.42 Å². The van der Waals surface area contributed by atoms with Crippen LogP contribution in [0.4, 0.5) is 5.95 Å². The Morgan fingerprint density at radius 2 is 2.05 bits per heavy atom. The molecule has 2 aliphatic rings. The van der Waals surface area contributed by atoms with E-state index < -0.39 is 0 Å². The maximum atomic E-state index is 12.1. The summed E-state index contributed by atoms with van der Waals surface area (Å²) >= 11 is 0. The average Bonchev–Trinajstić information content (AvgIpc) is 3.07. The Bertz CT molecular complexity index is 436. The first-order chi connectivity index (χ1) is 9.33. The van der Waals surface area contributed by atoms with Crippen LogP contribution in [0.2, 0.25) is 0 Å². The van der Waals surface area contributed by atoms with Crippen molar-refractivity contribution < 1.29 is 4.79 Å². The lowest BCUT2D eigenvalue weighted by Crippen LogP contribution is -2.36. The summed E-state index contributed by atoms with van der Waals surface area (Å²) in [5.74, 6) is 2.58. The van der Waals surface area contributed by atoms with Crippen LogP contribution in [0.5, 0.6) is 0 Å². The van der Waals surface area contributed by atoms with Gasteiger partial charge in [0, 0.05) is 31.4 Å². The van der Waals surface area contributed by atoms with Crippen LogP contribution in [0, 0.1) is 17.8 Å². The van der Waals surface area contributed by atoms with Gasteiger partial charge in [0.2, 0.25) is 11.9 Å².